The molecule has 0 aromatic heterocycles. The Hall–Kier alpha value is -0.290. The van der Waals surface area contributed by atoms with Crippen molar-refractivity contribution in [2.45, 2.75) is 64.6 Å². The lowest BCUT2D eigenvalue weighted by molar-refractivity contribution is -0.175. The van der Waals surface area contributed by atoms with Gasteiger partial charge in [-0.3, -0.25) is 0 Å². The standard InChI is InChI=1S/C16H28F3NO/c1-14(2,3)20-10-15(6-7-21-11-16(17,18)19)9-12-4-5-13(15)8-12/h12-13,20H,4-11H2,1-3H3. The minimum absolute atomic E-state index is 0.0433. The van der Waals surface area contributed by atoms with Crippen LogP contribution in [0.25, 0.3) is 0 Å². The van der Waals surface area contributed by atoms with E-state index in [4.69, 9.17) is 4.74 Å². The molecule has 2 fully saturated rings. The maximum absolute atomic E-state index is 12.2. The summed E-state index contributed by atoms with van der Waals surface area (Å²) in [6.45, 7) is 6.39. The Morgan fingerprint density at radius 2 is 1.90 bits per heavy atom. The number of hydrogen-bond acceptors (Lipinski definition) is 2. The summed E-state index contributed by atoms with van der Waals surface area (Å²) in [6.07, 6.45) is 1.46. The highest BCUT2D eigenvalue weighted by molar-refractivity contribution is 5.02. The van der Waals surface area contributed by atoms with Gasteiger partial charge in [0, 0.05) is 18.7 Å². The molecule has 2 nitrogen and oxygen atoms in total. The second-order valence-corrected chi connectivity index (χ2v) is 7.96. The molecule has 2 saturated carbocycles. The smallest absolute Gasteiger partial charge is 0.372 e. The molecule has 0 aromatic rings. The van der Waals surface area contributed by atoms with E-state index in [-0.39, 0.29) is 17.6 Å². The van der Waals surface area contributed by atoms with Crippen LogP contribution in [0, 0.1) is 17.3 Å². The van der Waals surface area contributed by atoms with Crippen molar-refractivity contribution in [1.29, 1.82) is 0 Å². The van der Waals surface area contributed by atoms with E-state index in [9.17, 15) is 13.2 Å². The van der Waals surface area contributed by atoms with Crippen LogP contribution in [0.1, 0.15) is 52.9 Å². The van der Waals surface area contributed by atoms with E-state index in [1.165, 1.54) is 19.3 Å². The van der Waals surface area contributed by atoms with Gasteiger partial charge in [-0.05, 0) is 63.7 Å². The monoisotopic (exact) mass is 307 g/mol. The zero-order valence-electron chi connectivity index (χ0n) is 13.4. The summed E-state index contributed by atoms with van der Waals surface area (Å²) >= 11 is 0. The second-order valence-electron chi connectivity index (χ2n) is 7.96. The number of halogens is 3. The van der Waals surface area contributed by atoms with Gasteiger partial charge in [0.15, 0.2) is 0 Å². The Morgan fingerprint density at radius 3 is 2.38 bits per heavy atom. The fourth-order valence-corrected chi connectivity index (χ4v) is 4.07. The Labute approximate surface area is 125 Å². The quantitative estimate of drug-likeness (QED) is 0.744. The van der Waals surface area contributed by atoms with Crippen molar-refractivity contribution in [1.82, 2.24) is 5.32 Å². The van der Waals surface area contributed by atoms with Gasteiger partial charge < -0.3 is 10.1 Å². The van der Waals surface area contributed by atoms with Gasteiger partial charge in [-0.2, -0.15) is 13.2 Å². The van der Waals surface area contributed by atoms with Gasteiger partial charge in [-0.25, -0.2) is 0 Å². The minimum atomic E-state index is -4.22. The molecule has 3 atom stereocenters. The SMILES string of the molecule is CC(C)(C)NCC1(CCOCC(F)(F)F)CC2CCC1C2. The number of alkyl halides is 3. The molecule has 2 aliphatic rings. The van der Waals surface area contributed by atoms with E-state index in [1.54, 1.807) is 0 Å². The molecule has 0 saturated heterocycles. The number of hydrogen-bond donors (Lipinski definition) is 1. The largest absolute Gasteiger partial charge is 0.411 e. The Morgan fingerprint density at radius 1 is 1.19 bits per heavy atom. The van der Waals surface area contributed by atoms with Crippen LogP contribution in [0.4, 0.5) is 13.2 Å². The lowest BCUT2D eigenvalue weighted by Crippen LogP contribution is -2.46. The first-order chi connectivity index (χ1) is 9.60. The molecule has 0 spiro atoms. The molecular formula is C16H28F3NO. The molecule has 21 heavy (non-hydrogen) atoms. The summed E-state index contributed by atoms with van der Waals surface area (Å²) in [5.41, 5.74) is 0.184. The van der Waals surface area contributed by atoms with Crippen molar-refractivity contribution in [2.24, 2.45) is 17.3 Å². The van der Waals surface area contributed by atoms with E-state index in [0.717, 1.165) is 25.3 Å². The van der Waals surface area contributed by atoms with Crippen molar-refractivity contribution < 1.29 is 17.9 Å². The summed E-state index contributed by atoms with van der Waals surface area (Å²) in [6, 6.07) is 0. The first-order valence-electron chi connectivity index (χ1n) is 7.99. The van der Waals surface area contributed by atoms with Gasteiger partial charge >= 0.3 is 6.18 Å². The third-order valence-electron chi connectivity index (χ3n) is 5.08. The van der Waals surface area contributed by atoms with Crippen LogP contribution in [0.15, 0.2) is 0 Å². The van der Waals surface area contributed by atoms with Gasteiger partial charge in [-0.15, -0.1) is 0 Å². The van der Waals surface area contributed by atoms with Crippen molar-refractivity contribution in [3.8, 4) is 0 Å². The third-order valence-corrected chi connectivity index (χ3v) is 5.08. The lowest BCUT2D eigenvalue weighted by atomic mass is 9.70. The summed E-state index contributed by atoms with van der Waals surface area (Å²) in [5.74, 6) is 1.44. The van der Waals surface area contributed by atoms with E-state index >= 15 is 0 Å². The zero-order valence-corrected chi connectivity index (χ0v) is 13.4. The topological polar surface area (TPSA) is 21.3 Å². The molecule has 2 bridgehead atoms. The van der Waals surface area contributed by atoms with Gasteiger partial charge in [0.05, 0.1) is 0 Å². The molecule has 0 aliphatic heterocycles. The van der Waals surface area contributed by atoms with Gasteiger partial charge in [0.2, 0.25) is 0 Å². The molecule has 3 unspecified atom stereocenters. The highest BCUT2D eigenvalue weighted by atomic mass is 19.4. The molecule has 5 heteroatoms. The fraction of sp³-hybridized carbons (Fsp3) is 1.00. The molecule has 124 valence electrons. The number of nitrogens with one attached hydrogen (secondary N) is 1. The summed E-state index contributed by atoms with van der Waals surface area (Å²) in [4.78, 5) is 0. The maximum Gasteiger partial charge on any atom is 0.411 e. The maximum atomic E-state index is 12.2. The molecule has 1 N–H and O–H groups in total. The van der Waals surface area contributed by atoms with Crippen LogP contribution in [-0.4, -0.2) is 31.5 Å². The van der Waals surface area contributed by atoms with Crippen molar-refractivity contribution in [3.05, 3.63) is 0 Å². The average Bonchev–Trinajstić information content (AvgIpc) is 2.91. The average molecular weight is 307 g/mol. The van der Waals surface area contributed by atoms with Crippen LogP contribution in [0.3, 0.4) is 0 Å². The Kier molecular flexibility index (Phi) is 4.94. The van der Waals surface area contributed by atoms with E-state index in [0.29, 0.717) is 5.92 Å². The van der Waals surface area contributed by atoms with Crippen LogP contribution >= 0.6 is 0 Å². The zero-order chi connectivity index (χ0) is 15.7. The predicted octanol–water partition coefficient (Wildman–Crippen LogP) is 4.15. The molecule has 0 aromatic carbocycles. The highest BCUT2D eigenvalue weighted by Gasteiger charge is 2.50. The lowest BCUT2D eigenvalue weighted by Gasteiger charge is -2.40. The van der Waals surface area contributed by atoms with Crippen LogP contribution in [0.5, 0.6) is 0 Å². The van der Waals surface area contributed by atoms with Crippen LogP contribution < -0.4 is 5.32 Å². The number of fused-ring (bicyclic) bond motifs is 2. The highest BCUT2D eigenvalue weighted by Crippen LogP contribution is 2.57. The fourth-order valence-electron chi connectivity index (χ4n) is 4.07. The Balaban J connectivity index is 1.88. The molecular weight excluding hydrogens is 279 g/mol. The number of ether oxygens (including phenoxy) is 1. The molecule has 2 rings (SSSR count). The van der Waals surface area contributed by atoms with Gasteiger partial charge in [0.25, 0.3) is 0 Å². The molecule has 0 heterocycles. The Bertz CT molecular complexity index is 350. The van der Waals surface area contributed by atoms with Crippen molar-refractivity contribution >= 4 is 0 Å². The molecule has 0 radical (unpaired) electrons. The minimum Gasteiger partial charge on any atom is -0.372 e. The van der Waals surface area contributed by atoms with Crippen molar-refractivity contribution in [2.75, 3.05) is 19.8 Å². The predicted molar refractivity (Wildman–Crippen MR) is 77.1 cm³/mol. The van der Waals surface area contributed by atoms with E-state index in [1.807, 2.05) is 0 Å². The normalized spacial score (nSPS) is 32.9. The summed E-state index contributed by atoms with van der Waals surface area (Å²) in [7, 11) is 0. The van der Waals surface area contributed by atoms with Crippen LogP contribution in [-0.2, 0) is 4.74 Å². The first kappa shape index (κ1) is 17.1. The third kappa shape index (κ3) is 4.85. The first-order valence-corrected chi connectivity index (χ1v) is 7.99. The summed E-state index contributed by atoms with van der Waals surface area (Å²) < 4.78 is 41.4. The summed E-state index contributed by atoms with van der Waals surface area (Å²) in [5, 5.41) is 3.57. The molecule has 2 aliphatic carbocycles. The number of rotatable bonds is 6. The second kappa shape index (κ2) is 6.07. The van der Waals surface area contributed by atoms with Crippen LogP contribution in [0.2, 0.25) is 0 Å². The van der Waals surface area contributed by atoms with E-state index in [2.05, 4.69) is 26.1 Å². The van der Waals surface area contributed by atoms with Gasteiger partial charge in [0.1, 0.15) is 6.61 Å². The molecule has 0 amide bonds. The van der Waals surface area contributed by atoms with Crippen molar-refractivity contribution in [3.63, 3.8) is 0 Å². The van der Waals surface area contributed by atoms with Gasteiger partial charge in [-0.1, -0.05) is 6.42 Å². The van der Waals surface area contributed by atoms with E-state index < -0.39 is 12.8 Å².